The van der Waals surface area contributed by atoms with Crippen LogP contribution in [0.25, 0.3) is 0 Å². The Morgan fingerprint density at radius 3 is 2.75 bits per heavy atom. The van der Waals surface area contributed by atoms with Gasteiger partial charge in [-0.05, 0) is 0 Å². The van der Waals surface area contributed by atoms with Crippen molar-refractivity contribution in [2.75, 3.05) is 4.90 Å². The van der Waals surface area contributed by atoms with Crippen molar-refractivity contribution in [3.63, 3.8) is 0 Å². The normalized spacial score (nSPS) is 13.9. The molecule has 4 heteroatoms. The summed E-state index contributed by atoms with van der Waals surface area (Å²) in [7, 11) is 0. The zero-order valence-corrected chi connectivity index (χ0v) is 15.2. The van der Waals surface area contributed by atoms with Gasteiger partial charge in [0.1, 0.15) is 0 Å². The Morgan fingerprint density at radius 2 is 1.88 bits per heavy atom. The van der Waals surface area contributed by atoms with Gasteiger partial charge >= 0.3 is 147 Å². The number of fused-ring (bicyclic) bond motifs is 4. The average Bonchev–Trinajstić information content (AvgIpc) is 2.61. The fourth-order valence-electron chi connectivity index (χ4n) is 3.25. The molecule has 118 valence electrons. The van der Waals surface area contributed by atoms with Crippen LogP contribution in [0.15, 0.2) is 54.7 Å². The molecule has 0 spiro atoms. The van der Waals surface area contributed by atoms with Gasteiger partial charge in [-0.15, -0.1) is 0 Å². The van der Waals surface area contributed by atoms with E-state index in [-0.39, 0.29) is 15.0 Å². The van der Waals surface area contributed by atoms with Gasteiger partial charge < -0.3 is 0 Å². The van der Waals surface area contributed by atoms with Crippen LogP contribution in [-0.2, 0) is 0 Å². The summed E-state index contributed by atoms with van der Waals surface area (Å²) in [6.07, 6.45) is 1.83. The number of hydrogen-bond donors (Lipinski definition) is 0. The predicted molar refractivity (Wildman–Crippen MR) is 98.1 cm³/mol. The van der Waals surface area contributed by atoms with Gasteiger partial charge in [-0.3, -0.25) is 0 Å². The van der Waals surface area contributed by atoms with Gasteiger partial charge in [0, 0.05) is 0 Å². The van der Waals surface area contributed by atoms with E-state index < -0.39 is 0 Å². The first-order valence-corrected chi connectivity index (χ1v) is 9.81. The number of benzene rings is 2. The zero-order valence-electron chi connectivity index (χ0n) is 13.5. The third-order valence-corrected chi connectivity index (χ3v) is 6.82. The molecule has 1 aromatic heterocycles. The summed E-state index contributed by atoms with van der Waals surface area (Å²) in [6.45, 7) is 4.47. The van der Waals surface area contributed by atoms with Crippen LogP contribution in [0.2, 0.25) is 0 Å². The Morgan fingerprint density at radius 1 is 1.00 bits per heavy atom. The number of ether oxygens (including phenoxy) is 1. The van der Waals surface area contributed by atoms with Crippen molar-refractivity contribution in [1.82, 2.24) is 4.98 Å². The molecule has 3 aromatic rings. The minimum atomic E-state index is 0.280. The molecular formula is C20H16N2OSe. The molecule has 0 aliphatic carbocycles. The topological polar surface area (TPSA) is 25.4 Å². The Kier molecular flexibility index (Phi) is 2.99. The van der Waals surface area contributed by atoms with E-state index in [1.54, 1.807) is 0 Å². The van der Waals surface area contributed by atoms with E-state index in [1.165, 1.54) is 20.2 Å². The van der Waals surface area contributed by atoms with Crippen LogP contribution in [0, 0.1) is 0 Å². The number of rotatable bonds is 1. The van der Waals surface area contributed by atoms with Gasteiger partial charge in [0.15, 0.2) is 0 Å². The number of aromatic nitrogens is 1. The van der Waals surface area contributed by atoms with Crippen LogP contribution >= 0.6 is 0 Å². The number of anilines is 3. The molecule has 0 saturated heterocycles. The molecule has 0 saturated carbocycles. The molecule has 0 amide bonds. The zero-order chi connectivity index (χ0) is 16.3. The first-order valence-electron chi connectivity index (χ1n) is 8.10. The summed E-state index contributed by atoms with van der Waals surface area (Å²) >= 11 is 0.280. The molecule has 2 aliphatic rings. The van der Waals surface area contributed by atoms with Gasteiger partial charge in [0.25, 0.3) is 0 Å². The van der Waals surface area contributed by atoms with Gasteiger partial charge in [-0.25, -0.2) is 0 Å². The van der Waals surface area contributed by atoms with E-state index in [1.807, 2.05) is 18.3 Å². The molecular weight excluding hydrogens is 363 g/mol. The Balaban J connectivity index is 1.81. The van der Waals surface area contributed by atoms with Gasteiger partial charge in [-0.1, -0.05) is 0 Å². The Bertz CT molecular complexity index is 953. The van der Waals surface area contributed by atoms with Crippen LogP contribution in [0.5, 0.6) is 11.5 Å². The van der Waals surface area contributed by atoms with Gasteiger partial charge in [-0.2, -0.15) is 0 Å². The summed E-state index contributed by atoms with van der Waals surface area (Å²) in [6, 6.07) is 17.1. The third-order valence-electron chi connectivity index (χ3n) is 4.48. The van der Waals surface area contributed by atoms with Crippen molar-refractivity contribution >= 4 is 41.1 Å². The first-order chi connectivity index (χ1) is 11.7. The summed E-state index contributed by atoms with van der Waals surface area (Å²) in [4.78, 5) is 6.91. The molecule has 0 fully saturated rings. The van der Waals surface area contributed by atoms with Crippen molar-refractivity contribution in [2.45, 2.75) is 19.8 Å². The van der Waals surface area contributed by atoms with Crippen LogP contribution in [-0.4, -0.2) is 19.9 Å². The Hall–Kier alpha value is -2.29. The summed E-state index contributed by atoms with van der Waals surface area (Å²) < 4.78 is 8.87. The van der Waals surface area contributed by atoms with Crippen LogP contribution in [0.4, 0.5) is 17.2 Å². The second-order valence-corrected chi connectivity index (χ2v) is 8.62. The number of nitrogens with zero attached hydrogens (tertiary/aromatic N) is 2. The fourth-order valence-corrected chi connectivity index (χ4v) is 5.48. The third kappa shape index (κ3) is 1.94. The van der Waals surface area contributed by atoms with Crippen molar-refractivity contribution in [3.05, 3.63) is 60.3 Å². The Labute approximate surface area is 147 Å². The maximum atomic E-state index is 6.12. The van der Waals surface area contributed by atoms with Crippen molar-refractivity contribution < 1.29 is 4.74 Å². The van der Waals surface area contributed by atoms with E-state index in [2.05, 4.69) is 60.1 Å². The molecule has 0 radical (unpaired) electrons. The van der Waals surface area contributed by atoms with Crippen LogP contribution in [0.3, 0.4) is 0 Å². The van der Waals surface area contributed by atoms with E-state index in [0.29, 0.717) is 5.92 Å². The molecule has 2 aromatic carbocycles. The maximum absolute atomic E-state index is 6.12. The summed E-state index contributed by atoms with van der Waals surface area (Å²) in [5.74, 6) is 3.13. The fraction of sp³-hybridized carbons (Fsp3) is 0.150. The van der Waals surface area contributed by atoms with Crippen LogP contribution < -0.4 is 18.6 Å². The van der Waals surface area contributed by atoms with Gasteiger partial charge in [0.2, 0.25) is 0 Å². The molecule has 3 nitrogen and oxygen atoms in total. The summed E-state index contributed by atoms with van der Waals surface area (Å²) in [5.41, 5.74) is 3.77. The van der Waals surface area contributed by atoms with Crippen LogP contribution in [0.1, 0.15) is 25.3 Å². The average molecular weight is 379 g/mol. The first kappa shape index (κ1) is 14.1. The van der Waals surface area contributed by atoms with E-state index >= 15 is 0 Å². The molecule has 5 rings (SSSR count). The van der Waals surface area contributed by atoms with Gasteiger partial charge in [0.05, 0.1) is 0 Å². The van der Waals surface area contributed by atoms with Crippen molar-refractivity contribution in [2.24, 2.45) is 0 Å². The molecule has 0 atom stereocenters. The number of para-hydroxylation sites is 1. The molecule has 0 bridgehead atoms. The molecule has 24 heavy (non-hydrogen) atoms. The molecule has 2 aliphatic heterocycles. The number of pyridine rings is 1. The molecule has 3 heterocycles. The SMILES string of the molecule is CC(C)c1ccc2c(c1)N1c3ncccc3Oc3cccc(c31)[Se]2. The van der Waals surface area contributed by atoms with E-state index in [0.717, 1.165) is 23.0 Å². The van der Waals surface area contributed by atoms with E-state index in [4.69, 9.17) is 4.74 Å². The molecule has 0 N–H and O–H groups in total. The summed E-state index contributed by atoms with van der Waals surface area (Å²) in [5, 5.41) is 0. The predicted octanol–water partition coefficient (Wildman–Crippen LogP) is 3.75. The monoisotopic (exact) mass is 380 g/mol. The second-order valence-electron chi connectivity index (χ2n) is 6.35. The number of hydrogen-bond acceptors (Lipinski definition) is 3. The standard InChI is InChI=1S/C20H16N2OSe/c1-12(2)13-8-9-17-14(11-13)22-19-15(5-3-7-18(19)24-17)23-16-6-4-10-21-20(16)22/h3-12H,1-2H3. The molecule has 0 unspecified atom stereocenters. The minimum absolute atomic E-state index is 0.280. The van der Waals surface area contributed by atoms with E-state index in [9.17, 15) is 0 Å². The second kappa shape index (κ2) is 5.10. The quantitative estimate of drug-likeness (QED) is 0.415. The van der Waals surface area contributed by atoms with Crippen molar-refractivity contribution in [1.29, 1.82) is 0 Å². The van der Waals surface area contributed by atoms with Crippen molar-refractivity contribution in [3.8, 4) is 11.5 Å².